The largest absolute Gasteiger partial charge is 0.395 e. The molecule has 6 rings (SSSR count). The van der Waals surface area contributed by atoms with Crippen molar-refractivity contribution in [2.24, 2.45) is 23.2 Å². The predicted octanol–water partition coefficient (Wildman–Crippen LogP) is 3.40. The highest BCUT2D eigenvalue weighted by atomic mass is 16.3. The number of aliphatic hydroxyl groups is 1. The summed E-state index contributed by atoms with van der Waals surface area (Å²) in [5, 5.41) is 13.7. The van der Waals surface area contributed by atoms with Crippen molar-refractivity contribution in [1.29, 1.82) is 0 Å². The Bertz CT molecular complexity index is 672. The number of aliphatic hydroxyl groups excluding tert-OH is 1. The van der Waals surface area contributed by atoms with Gasteiger partial charge in [0.2, 0.25) is 0 Å². The number of nitrogens with one attached hydrogen (secondary N) is 1. The summed E-state index contributed by atoms with van der Waals surface area (Å²) >= 11 is 0. The molecule has 4 bridgehead atoms. The molecule has 1 aromatic rings. The highest BCUT2D eigenvalue weighted by molar-refractivity contribution is 5.16. The smallest absolute Gasteiger partial charge is 0.0599 e. The highest BCUT2D eigenvalue weighted by Gasteiger charge is 2.50. The Kier molecular flexibility index (Phi) is 6.71. The number of likely N-dealkylation sites (N-methyl/N-ethyl adjacent to an activating group) is 1. The quantitative estimate of drug-likeness (QED) is 0.636. The fraction of sp³-hybridized carbons (Fsp3) is 0.778. The van der Waals surface area contributed by atoms with Crippen molar-refractivity contribution in [2.45, 2.75) is 63.5 Å². The lowest BCUT2D eigenvalue weighted by Crippen LogP contribution is -2.59. The molecule has 0 unspecified atom stereocenters. The van der Waals surface area contributed by atoms with E-state index >= 15 is 0 Å². The summed E-state index contributed by atoms with van der Waals surface area (Å²) in [6.07, 6.45) is 11.6. The fourth-order valence-corrected chi connectivity index (χ4v) is 8.15. The summed E-state index contributed by atoms with van der Waals surface area (Å²) < 4.78 is 0. The van der Waals surface area contributed by atoms with E-state index in [1.165, 1.54) is 57.1 Å². The Morgan fingerprint density at radius 3 is 2.32 bits per heavy atom. The summed E-state index contributed by atoms with van der Waals surface area (Å²) in [6.45, 7) is 5.70. The SMILES string of the molecule is CNC[C@H](Cc1ccccc1)N1CCN(CCC23CC4CC(CC(C4)C2)C3)[C@H](CO)C1. The minimum atomic E-state index is 0.287. The van der Waals surface area contributed by atoms with Crippen LogP contribution < -0.4 is 5.32 Å². The number of hydrogen-bond acceptors (Lipinski definition) is 4. The molecule has 0 amide bonds. The van der Waals surface area contributed by atoms with Gasteiger partial charge in [-0.1, -0.05) is 30.3 Å². The maximum absolute atomic E-state index is 10.3. The topological polar surface area (TPSA) is 38.7 Å². The Labute approximate surface area is 189 Å². The van der Waals surface area contributed by atoms with Gasteiger partial charge in [-0.2, -0.15) is 0 Å². The van der Waals surface area contributed by atoms with Crippen LogP contribution in [-0.4, -0.2) is 73.4 Å². The van der Waals surface area contributed by atoms with Crippen LogP contribution >= 0.6 is 0 Å². The number of nitrogens with zero attached hydrogens (tertiary/aromatic N) is 2. The van der Waals surface area contributed by atoms with E-state index in [1.807, 2.05) is 0 Å². The second-order valence-electron chi connectivity index (χ2n) is 11.4. The first-order valence-corrected chi connectivity index (χ1v) is 12.9. The molecule has 0 radical (unpaired) electrons. The zero-order valence-corrected chi connectivity index (χ0v) is 19.5. The lowest BCUT2D eigenvalue weighted by molar-refractivity contribution is -0.0674. The molecule has 0 spiro atoms. The molecule has 4 heteroatoms. The Hall–Kier alpha value is -0.940. The number of rotatable bonds is 9. The van der Waals surface area contributed by atoms with Gasteiger partial charge in [-0.15, -0.1) is 0 Å². The molecule has 2 atom stereocenters. The van der Waals surface area contributed by atoms with Gasteiger partial charge in [0.25, 0.3) is 0 Å². The molecule has 1 heterocycles. The van der Waals surface area contributed by atoms with Gasteiger partial charge in [0.1, 0.15) is 0 Å². The van der Waals surface area contributed by atoms with Gasteiger partial charge in [-0.3, -0.25) is 9.80 Å². The Morgan fingerprint density at radius 2 is 1.71 bits per heavy atom. The van der Waals surface area contributed by atoms with Crippen LogP contribution in [0.15, 0.2) is 30.3 Å². The third kappa shape index (κ3) is 4.88. The van der Waals surface area contributed by atoms with E-state index in [9.17, 15) is 5.11 Å². The van der Waals surface area contributed by atoms with Crippen molar-refractivity contribution in [2.75, 3.05) is 46.4 Å². The van der Waals surface area contributed by atoms with E-state index in [0.29, 0.717) is 11.5 Å². The zero-order chi connectivity index (χ0) is 21.3. The second kappa shape index (κ2) is 9.51. The Balaban J connectivity index is 1.18. The molecule has 1 aromatic carbocycles. The molecular formula is C27H43N3O. The summed E-state index contributed by atoms with van der Waals surface area (Å²) in [6, 6.07) is 11.7. The third-order valence-electron chi connectivity index (χ3n) is 9.21. The van der Waals surface area contributed by atoms with Crippen LogP contribution in [0.4, 0.5) is 0 Å². The molecule has 1 aliphatic heterocycles. The van der Waals surface area contributed by atoms with Gasteiger partial charge < -0.3 is 10.4 Å². The highest BCUT2D eigenvalue weighted by Crippen LogP contribution is 2.61. The number of benzene rings is 1. The molecule has 4 aliphatic carbocycles. The van der Waals surface area contributed by atoms with Crippen LogP contribution in [0.25, 0.3) is 0 Å². The van der Waals surface area contributed by atoms with Crippen molar-refractivity contribution in [3.8, 4) is 0 Å². The molecule has 4 nitrogen and oxygen atoms in total. The predicted molar refractivity (Wildman–Crippen MR) is 127 cm³/mol. The summed E-state index contributed by atoms with van der Waals surface area (Å²) in [5.74, 6) is 3.12. The first-order chi connectivity index (χ1) is 15.2. The minimum absolute atomic E-state index is 0.287. The van der Waals surface area contributed by atoms with Crippen molar-refractivity contribution >= 4 is 0 Å². The first kappa shape index (κ1) is 21.9. The summed E-state index contributed by atoms with van der Waals surface area (Å²) in [4.78, 5) is 5.26. The van der Waals surface area contributed by atoms with Gasteiger partial charge in [0, 0.05) is 38.3 Å². The van der Waals surface area contributed by atoms with Gasteiger partial charge in [0.05, 0.1) is 6.61 Å². The molecule has 1 saturated heterocycles. The monoisotopic (exact) mass is 425 g/mol. The third-order valence-corrected chi connectivity index (χ3v) is 9.21. The molecule has 4 saturated carbocycles. The van der Waals surface area contributed by atoms with Gasteiger partial charge in [-0.25, -0.2) is 0 Å². The maximum Gasteiger partial charge on any atom is 0.0599 e. The first-order valence-electron chi connectivity index (χ1n) is 12.9. The van der Waals surface area contributed by atoms with Crippen LogP contribution in [0, 0.1) is 23.2 Å². The second-order valence-corrected chi connectivity index (χ2v) is 11.4. The van der Waals surface area contributed by atoms with Crippen LogP contribution in [0.5, 0.6) is 0 Å². The van der Waals surface area contributed by atoms with Gasteiger partial charge in [-0.05, 0) is 93.7 Å². The van der Waals surface area contributed by atoms with Crippen molar-refractivity contribution in [3.63, 3.8) is 0 Å². The molecule has 5 fully saturated rings. The zero-order valence-electron chi connectivity index (χ0n) is 19.5. The van der Waals surface area contributed by atoms with Crippen LogP contribution in [0.3, 0.4) is 0 Å². The van der Waals surface area contributed by atoms with Crippen molar-refractivity contribution in [3.05, 3.63) is 35.9 Å². The standard InChI is InChI=1S/C27H43N3O/c1-28-18-25(14-21-5-3-2-4-6-21)30-10-9-29(26(19-30)20-31)8-7-27-15-22-11-23(16-27)13-24(12-22)17-27/h2-6,22-26,28,31H,7-20H2,1H3/t22?,23?,24?,25-,26-,27?/m0/s1. The normalized spacial score (nSPS) is 36.7. The summed E-state index contributed by atoms with van der Waals surface area (Å²) in [7, 11) is 2.06. The molecule has 31 heavy (non-hydrogen) atoms. The van der Waals surface area contributed by atoms with Crippen molar-refractivity contribution < 1.29 is 5.11 Å². The Morgan fingerprint density at radius 1 is 1.03 bits per heavy atom. The molecule has 0 aromatic heterocycles. The fourth-order valence-electron chi connectivity index (χ4n) is 8.15. The van der Waals surface area contributed by atoms with E-state index in [-0.39, 0.29) is 12.6 Å². The molecule has 2 N–H and O–H groups in total. The van der Waals surface area contributed by atoms with E-state index in [0.717, 1.165) is 50.4 Å². The summed E-state index contributed by atoms with van der Waals surface area (Å²) in [5.41, 5.74) is 2.06. The van der Waals surface area contributed by atoms with E-state index in [1.54, 1.807) is 0 Å². The van der Waals surface area contributed by atoms with E-state index < -0.39 is 0 Å². The van der Waals surface area contributed by atoms with Crippen LogP contribution in [0.2, 0.25) is 0 Å². The average Bonchev–Trinajstić information content (AvgIpc) is 2.77. The minimum Gasteiger partial charge on any atom is -0.395 e. The average molecular weight is 426 g/mol. The number of piperazine rings is 1. The van der Waals surface area contributed by atoms with Gasteiger partial charge in [0.15, 0.2) is 0 Å². The maximum atomic E-state index is 10.3. The lowest BCUT2D eigenvalue weighted by Gasteiger charge is -2.57. The van der Waals surface area contributed by atoms with E-state index in [4.69, 9.17) is 0 Å². The molecule has 172 valence electrons. The van der Waals surface area contributed by atoms with Crippen molar-refractivity contribution in [1.82, 2.24) is 15.1 Å². The van der Waals surface area contributed by atoms with Gasteiger partial charge >= 0.3 is 0 Å². The lowest BCUT2D eigenvalue weighted by atomic mass is 9.49. The van der Waals surface area contributed by atoms with Crippen LogP contribution in [0.1, 0.15) is 50.5 Å². The number of hydrogen-bond donors (Lipinski definition) is 2. The van der Waals surface area contributed by atoms with E-state index in [2.05, 4.69) is 52.5 Å². The van der Waals surface area contributed by atoms with Crippen LogP contribution in [-0.2, 0) is 6.42 Å². The molecule has 5 aliphatic rings. The molecular weight excluding hydrogens is 382 g/mol.